The number of aromatic nitrogens is 2. The van der Waals surface area contributed by atoms with Crippen molar-refractivity contribution < 1.29 is 4.74 Å². The van der Waals surface area contributed by atoms with Gasteiger partial charge in [0.1, 0.15) is 10.5 Å². The van der Waals surface area contributed by atoms with Crippen LogP contribution in [0.2, 0.25) is 0 Å². The number of aryl methyl sites for hydroxylation is 1. The Kier molecular flexibility index (Phi) is 4.42. The maximum atomic E-state index is 5.24. The molecule has 15 heavy (non-hydrogen) atoms. The Balaban J connectivity index is 2.99. The van der Waals surface area contributed by atoms with Gasteiger partial charge in [0.25, 0.3) is 0 Å². The fourth-order valence-electron chi connectivity index (χ4n) is 1.54. The van der Waals surface area contributed by atoms with Gasteiger partial charge in [0.05, 0.1) is 6.10 Å². The molecule has 1 aromatic rings. The van der Waals surface area contributed by atoms with Crippen LogP contribution in [-0.2, 0) is 17.6 Å². The Morgan fingerprint density at radius 3 is 2.67 bits per heavy atom. The van der Waals surface area contributed by atoms with E-state index in [1.165, 1.54) is 0 Å². The Morgan fingerprint density at radius 1 is 1.53 bits per heavy atom. The minimum atomic E-state index is 0.162. The summed E-state index contributed by atoms with van der Waals surface area (Å²) in [6.07, 6.45) is 1.86. The second kappa shape index (κ2) is 5.37. The molecule has 0 radical (unpaired) electrons. The van der Waals surface area contributed by atoms with Crippen LogP contribution in [0.1, 0.15) is 30.9 Å². The standard InChI is InChI=1S/C11H18N2OS/c1-5-9-8(3)12-10(13-11(9)15)6-7(2)14-4/h7H,5-6H2,1-4H3,(H,12,13,15). The molecule has 1 atom stereocenters. The van der Waals surface area contributed by atoms with E-state index in [1.54, 1.807) is 7.11 Å². The van der Waals surface area contributed by atoms with E-state index in [2.05, 4.69) is 16.9 Å². The Morgan fingerprint density at radius 2 is 2.20 bits per heavy atom. The van der Waals surface area contributed by atoms with Crippen molar-refractivity contribution in [1.82, 2.24) is 9.97 Å². The normalized spacial score (nSPS) is 12.8. The van der Waals surface area contributed by atoms with Crippen molar-refractivity contribution in [3.8, 4) is 0 Å². The van der Waals surface area contributed by atoms with Crippen molar-refractivity contribution in [2.24, 2.45) is 0 Å². The van der Waals surface area contributed by atoms with Gasteiger partial charge in [-0.25, -0.2) is 4.98 Å². The van der Waals surface area contributed by atoms with Crippen molar-refractivity contribution in [3.05, 3.63) is 21.7 Å². The maximum Gasteiger partial charge on any atom is 0.133 e. The van der Waals surface area contributed by atoms with Gasteiger partial charge >= 0.3 is 0 Å². The van der Waals surface area contributed by atoms with E-state index in [9.17, 15) is 0 Å². The number of H-pyrrole nitrogens is 1. The average Bonchev–Trinajstić information content (AvgIpc) is 2.17. The first-order valence-electron chi connectivity index (χ1n) is 5.20. The number of hydrogen-bond donors (Lipinski definition) is 1. The summed E-state index contributed by atoms with van der Waals surface area (Å²) < 4.78 is 5.91. The lowest BCUT2D eigenvalue weighted by Crippen LogP contribution is -2.12. The van der Waals surface area contributed by atoms with Crippen LogP contribution in [0.4, 0.5) is 0 Å². The van der Waals surface area contributed by atoms with E-state index < -0.39 is 0 Å². The fraction of sp³-hybridized carbons (Fsp3) is 0.636. The molecule has 0 aliphatic rings. The molecule has 0 fully saturated rings. The summed E-state index contributed by atoms with van der Waals surface area (Å²) in [7, 11) is 1.70. The highest BCUT2D eigenvalue weighted by Gasteiger charge is 2.07. The molecule has 0 saturated heterocycles. The van der Waals surface area contributed by atoms with Crippen LogP contribution < -0.4 is 0 Å². The Bertz CT molecular complexity index is 387. The number of ether oxygens (including phenoxy) is 1. The zero-order valence-electron chi connectivity index (χ0n) is 9.76. The van der Waals surface area contributed by atoms with Gasteiger partial charge < -0.3 is 9.72 Å². The van der Waals surface area contributed by atoms with Gasteiger partial charge in [-0.2, -0.15) is 0 Å². The van der Waals surface area contributed by atoms with Gasteiger partial charge in [-0.05, 0) is 20.3 Å². The molecular formula is C11H18N2OS. The molecule has 0 aliphatic heterocycles. The summed E-state index contributed by atoms with van der Waals surface area (Å²) in [6, 6.07) is 0. The summed E-state index contributed by atoms with van der Waals surface area (Å²) in [6.45, 7) is 6.14. The summed E-state index contributed by atoms with van der Waals surface area (Å²) in [4.78, 5) is 7.65. The molecule has 1 rings (SSSR count). The van der Waals surface area contributed by atoms with Crippen molar-refractivity contribution in [3.63, 3.8) is 0 Å². The van der Waals surface area contributed by atoms with Gasteiger partial charge in [0.15, 0.2) is 0 Å². The first-order valence-corrected chi connectivity index (χ1v) is 5.60. The number of rotatable bonds is 4. The van der Waals surface area contributed by atoms with Crippen molar-refractivity contribution in [1.29, 1.82) is 0 Å². The van der Waals surface area contributed by atoms with E-state index in [0.717, 1.165) is 29.9 Å². The van der Waals surface area contributed by atoms with Gasteiger partial charge in [0, 0.05) is 24.8 Å². The van der Waals surface area contributed by atoms with Gasteiger partial charge in [0.2, 0.25) is 0 Å². The van der Waals surface area contributed by atoms with Crippen LogP contribution in [0, 0.1) is 11.6 Å². The average molecular weight is 226 g/mol. The molecule has 0 aliphatic carbocycles. The van der Waals surface area contributed by atoms with Crippen LogP contribution in [0.15, 0.2) is 0 Å². The summed E-state index contributed by atoms with van der Waals surface area (Å²) in [5.74, 6) is 0.907. The largest absolute Gasteiger partial charge is 0.381 e. The monoisotopic (exact) mass is 226 g/mol. The first kappa shape index (κ1) is 12.3. The number of methoxy groups -OCH3 is 1. The molecule has 1 aromatic heterocycles. The van der Waals surface area contributed by atoms with Crippen LogP contribution in [0.25, 0.3) is 0 Å². The summed E-state index contributed by atoms with van der Waals surface area (Å²) in [5.41, 5.74) is 2.26. The van der Waals surface area contributed by atoms with Gasteiger partial charge in [-0.3, -0.25) is 0 Å². The third-order valence-electron chi connectivity index (χ3n) is 2.52. The van der Waals surface area contributed by atoms with Crippen LogP contribution in [0.3, 0.4) is 0 Å². The number of nitrogens with zero attached hydrogens (tertiary/aromatic N) is 1. The molecule has 0 bridgehead atoms. The second-order valence-corrected chi connectivity index (χ2v) is 4.08. The van der Waals surface area contributed by atoms with Crippen molar-refractivity contribution >= 4 is 12.2 Å². The second-order valence-electron chi connectivity index (χ2n) is 3.70. The predicted octanol–water partition coefficient (Wildman–Crippen LogP) is 2.59. The maximum absolute atomic E-state index is 5.24. The molecular weight excluding hydrogens is 208 g/mol. The topological polar surface area (TPSA) is 37.9 Å². The highest BCUT2D eigenvalue weighted by molar-refractivity contribution is 7.71. The first-order chi connectivity index (χ1) is 7.08. The lowest BCUT2D eigenvalue weighted by atomic mass is 10.2. The number of hydrogen-bond acceptors (Lipinski definition) is 3. The number of aromatic amines is 1. The van der Waals surface area contributed by atoms with E-state index in [4.69, 9.17) is 17.0 Å². The minimum absolute atomic E-state index is 0.162. The van der Waals surface area contributed by atoms with Crippen LogP contribution >= 0.6 is 12.2 Å². The van der Waals surface area contributed by atoms with E-state index >= 15 is 0 Å². The predicted molar refractivity (Wildman–Crippen MR) is 63.7 cm³/mol. The minimum Gasteiger partial charge on any atom is -0.381 e. The molecule has 0 amide bonds. The lowest BCUT2D eigenvalue weighted by molar-refractivity contribution is 0.117. The van der Waals surface area contributed by atoms with Gasteiger partial charge in [-0.15, -0.1) is 0 Å². The number of nitrogens with one attached hydrogen (secondary N) is 1. The van der Waals surface area contributed by atoms with E-state index in [-0.39, 0.29) is 6.10 Å². The van der Waals surface area contributed by atoms with Gasteiger partial charge in [-0.1, -0.05) is 19.1 Å². The summed E-state index contributed by atoms with van der Waals surface area (Å²) >= 11 is 5.24. The Labute approximate surface area is 95.9 Å². The molecule has 1 heterocycles. The molecule has 0 spiro atoms. The summed E-state index contributed by atoms with van der Waals surface area (Å²) in [5, 5.41) is 0. The van der Waals surface area contributed by atoms with Crippen molar-refractivity contribution in [2.45, 2.75) is 39.7 Å². The molecule has 4 heteroatoms. The van der Waals surface area contributed by atoms with Crippen LogP contribution in [-0.4, -0.2) is 23.2 Å². The zero-order chi connectivity index (χ0) is 11.4. The third-order valence-corrected chi connectivity index (χ3v) is 2.85. The lowest BCUT2D eigenvalue weighted by Gasteiger charge is -2.11. The molecule has 1 unspecified atom stereocenters. The molecule has 1 N–H and O–H groups in total. The molecule has 84 valence electrons. The van der Waals surface area contributed by atoms with E-state index in [1.807, 2.05) is 13.8 Å². The SMILES string of the molecule is CCc1c(C)[nH]c(CC(C)OC)nc1=S. The Hall–Kier alpha value is -0.740. The highest BCUT2D eigenvalue weighted by Crippen LogP contribution is 2.09. The highest BCUT2D eigenvalue weighted by atomic mass is 32.1. The molecule has 3 nitrogen and oxygen atoms in total. The molecule has 0 aromatic carbocycles. The third kappa shape index (κ3) is 3.11. The zero-order valence-corrected chi connectivity index (χ0v) is 10.6. The van der Waals surface area contributed by atoms with E-state index in [0.29, 0.717) is 4.64 Å². The quantitative estimate of drug-likeness (QED) is 0.802. The fourth-order valence-corrected chi connectivity index (χ4v) is 1.95. The molecule has 0 saturated carbocycles. The van der Waals surface area contributed by atoms with Crippen molar-refractivity contribution in [2.75, 3.05) is 7.11 Å². The van der Waals surface area contributed by atoms with Crippen LogP contribution in [0.5, 0.6) is 0 Å². The smallest absolute Gasteiger partial charge is 0.133 e.